The van der Waals surface area contributed by atoms with E-state index in [1.165, 1.54) is 0 Å². The standard InChI is InChI=1S/C13H15BrN2O2/c1-8-4-5-9(10(14)7-8)12(17)16-11-3-2-6-15-13(11)18/h4-5,7,11H,2-3,6H2,1H3,(H,15,18)(H,16,17). The Labute approximate surface area is 114 Å². The number of rotatable bonds is 2. The molecular weight excluding hydrogens is 296 g/mol. The first kappa shape index (κ1) is 13.1. The molecule has 0 aliphatic carbocycles. The molecule has 1 atom stereocenters. The van der Waals surface area contributed by atoms with Gasteiger partial charge in [-0.05, 0) is 53.4 Å². The third-order valence-corrected chi connectivity index (χ3v) is 3.62. The van der Waals surface area contributed by atoms with Crippen LogP contribution >= 0.6 is 15.9 Å². The highest BCUT2D eigenvalue weighted by atomic mass is 79.9. The Morgan fingerprint density at radius 2 is 2.28 bits per heavy atom. The molecule has 1 heterocycles. The molecule has 5 heteroatoms. The lowest BCUT2D eigenvalue weighted by Crippen LogP contribution is -2.50. The van der Waals surface area contributed by atoms with Crippen molar-refractivity contribution in [3.05, 3.63) is 33.8 Å². The Morgan fingerprint density at radius 1 is 1.50 bits per heavy atom. The van der Waals surface area contributed by atoms with E-state index < -0.39 is 6.04 Å². The average molecular weight is 311 g/mol. The topological polar surface area (TPSA) is 58.2 Å². The molecule has 1 aliphatic heterocycles. The number of hydrogen-bond acceptors (Lipinski definition) is 2. The number of carbonyl (C=O) groups excluding carboxylic acids is 2. The van der Waals surface area contributed by atoms with Crippen LogP contribution in [0.2, 0.25) is 0 Å². The molecule has 0 saturated carbocycles. The molecule has 18 heavy (non-hydrogen) atoms. The van der Waals surface area contributed by atoms with Gasteiger partial charge >= 0.3 is 0 Å². The molecule has 96 valence electrons. The van der Waals surface area contributed by atoms with Crippen molar-refractivity contribution in [3.8, 4) is 0 Å². The van der Waals surface area contributed by atoms with Gasteiger partial charge in [-0.1, -0.05) is 6.07 Å². The van der Waals surface area contributed by atoms with Gasteiger partial charge in [0.15, 0.2) is 0 Å². The molecule has 1 aliphatic rings. The highest BCUT2D eigenvalue weighted by Crippen LogP contribution is 2.18. The summed E-state index contributed by atoms with van der Waals surface area (Å²) in [6, 6.07) is 5.10. The smallest absolute Gasteiger partial charge is 0.253 e. The molecule has 1 unspecified atom stereocenters. The molecular formula is C13H15BrN2O2. The molecule has 0 spiro atoms. The van der Waals surface area contributed by atoms with E-state index in [4.69, 9.17) is 0 Å². The zero-order chi connectivity index (χ0) is 13.1. The van der Waals surface area contributed by atoms with E-state index in [1.807, 2.05) is 19.1 Å². The Kier molecular flexibility index (Phi) is 4.01. The van der Waals surface area contributed by atoms with Crippen LogP contribution in [0.25, 0.3) is 0 Å². The Balaban J connectivity index is 2.09. The summed E-state index contributed by atoms with van der Waals surface area (Å²) in [6.07, 6.45) is 1.59. The largest absolute Gasteiger partial charge is 0.354 e. The van der Waals surface area contributed by atoms with Crippen molar-refractivity contribution < 1.29 is 9.59 Å². The lowest BCUT2D eigenvalue weighted by Gasteiger charge is -2.23. The lowest BCUT2D eigenvalue weighted by molar-refractivity contribution is -0.124. The first-order chi connectivity index (χ1) is 8.58. The monoisotopic (exact) mass is 310 g/mol. The number of benzene rings is 1. The van der Waals surface area contributed by atoms with Crippen LogP contribution in [0.3, 0.4) is 0 Å². The van der Waals surface area contributed by atoms with Crippen molar-refractivity contribution in [3.63, 3.8) is 0 Å². The first-order valence-electron chi connectivity index (χ1n) is 5.92. The van der Waals surface area contributed by atoms with Crippen LogP contribution in [0.4, 0.5) is 0 Å². The van der Waals surface area contributed by atoms with Gasteiger partial charge < -0.3 is 10.6 Å². The zero-order valence-electron chi connectivity index (χ0n) is 10.1. The third-order valence-electron chi connectivity index (χ3n) is 2.96. The van der Waals surface area contributed by atoms with Gasteiger partial charge in [0.2, 0.25) is 5.91 Å². The quantitative estimate of drug-likeness (QED) is 0.874. The van der Waals surface area contributed by atoms with Crippen LogP contribution < -0.4 is 10.6 Å². The van der Waals surface area contributed by atoms with Gasteiger partial charge in [-0.2, -0.15) is 0 Å². The summed E-state index contributed by atoms with van der Waals surface area (Å²) in [4.78, 5) is 23.6. The summed E-state index contributed by atoms with van der Waals surface area (Å²) in [5.41, 5.74) is 1.63. The number of nitrogens with one attached hydrogen (secondary N) is 2. The summed E-state index contributed by atoms with van der Waals surface area (Å²) in [5, 5.41) is 5.51. The van der Waals surface area contributed by atoms with Crippen molar-refractivity contribution in [1.29, 1.82) is 0 Å². The van der Waals surface area contributed by atoms with E-state index in [2.05, 4.69) is 26.6 Å². The van der Waals surface area contributed by atoms with E-state index in [0.29, 0.717) is 18.5 Å². The number of aryl methyl sites for hydroxylation is 1. The van der Waals surface area contributed by atoms with E-state index >= 15 is 0 Å². The van der Waals surface area contributed by atoms with Crippen molar-refractivity contribution >= 4 is 27.7 Å². The second-order valence-electron chi connectivity index (χ2n) is 4.44. The van der Waals surface area contributed by atoms with Crippen molar-refractivity contribution in [2.24, 2.45) is 0 Å². The van der Waals surface area contributed by atoms with Gasteiger partial charge in [-0.15, -0.1) is 0 Å². The molecule has 1 fully saturated rings. The highest BCUT2D eigenvalue weighted by molar-refractivity contribution is 9.10. The average Bonchev–Trinajstić information content (AvgIpc) is 2.32. The fourth-order valence-corrected chi connectivity index (χ4v) is 2.62. The maximum absolute atomic E-state index is 12.1. The van der Waals surface area contributed by atoms with E-state index in [-0.39, 0.29) is 11.8 Å². The lowest BCUT2D eigenvalue weighted by atomic mass is 10.1. The minimum absolute atomic E-state index is 0.0992. The Bertz CT molecular complexity index is 488. The number of halogens is 1. The summed E-state index contributed by atoms with van der Waals surface area (Å²) in [7, 11) is 0. The van der Waals surface area contributed by atoms with Crippen molar-refractivity contribution in [2.75, 3.05) is 6.54 Å². The molecule has 4 nitrogen and oxygen atoms in total. The second kappa shape index (κ2) is 5.52. The van der Waals surface area contributed by atoms with Gasteiger partial charge in [0.25, 0.3) is 5.91 Å². The van der Waals surface area contributed by atoms with Crippen LogP contribution in [0.1, 0.15) is 28.8 Å². The first-order valence-corrected chi connectivity index (χ1v) is 6.72. The molecule has 1 aromatic rings. The van der Waals surface area contributed by atoms with Crippen molar-refractivity contribution in [2.45, 2.75) is 25.8 Å². The molecule has 1 aromatic carbocycles. The van der Waals surface area contributed by atoms with Gasteiger partial charge in [0, 0.05) is 11.0 Å². The molecule has 2 N–H and O–H groups in total. The van der Waals surface area contributed by atoms with Gasteiger partial charge in [0.1, 0.15) is 6.04 Å². The van der Waals surface area contributed by atoms with Crippen molar-refractivity contribution in [1.82, 2.24) is 10.6 Å². The number of piperidine rings is 1. The van der Waals surface area contributed by atoms with Crippen LogP contribution in [-0.2, 0) is 4.79 Å². The Hall–Kier alpha value is -1.36. The summed E-state index contributed by atoms with van der Waals surface area (Å²) < 4.78 is 0.746. The van der Waals surface area contributed by atoms with Gasteiger partial charge in [0.05, 0.1) is 5.56 Å². The van der Waals surface area contributed by atoms with E-state index in [9.17, 15) is 9.59 Å². The fraction of sp³-hybridized carbons (Fsp3) is 0.385. The second-order valence-corrected chi connectivity index (χ2v) is 5.30. The molecule has 1 saturated heterocycles. The normalized spacial score (nSPS) is 19.2. The van der Waals surface area contributed by atoms with Gasteiger partial charge in [-0.3, -0.25) is 9.59 Å². The summed E-state index contributed by atoms with van der Waals surface area (Å²) >= 11 is 3.37. The fourth-order valence-electron chi connectivity index (χ4n) is 1.95. The van der Waals surface area contributed by atoms with E-state index in [1.54, 1.807) is 6.07 Å². The molecule has 0 radical (unpaired) electrons. The minimum atomic E-state index is -0.417. The molecule has 2 amide bonds. The number of amides is 2. The number of hydrogen-bond donors (Lipinski definition) is 2. The zero-order valence-corrected chi connectivity index (χ0v) is 11.7. The van der Waals surface area contributed by atoms with Crippen LogP contribution in [0, 0.1) is 6.92 Å². The maximum atomic E-state index is 12.1. The Morgan fingerprint density at radius 3 is 2.94 bits per heavy atom. The van der Waals surface area contributed by atoms with Gasteiger partial charge in [-0.25, -0.2) is 0 Å². The maximum Gasteiger partial charge on any atom is 0.253 e. The highest BCUT2D eigenvalue weighted by Gasteiger charge is 2.24. The van der Waals surface area contributed by atoms with E-state index in [0.717, 1.165) is 16.5 Å². The molecule has 2 rings (SSSR count). The van der Waals surface area contributed by atoms with Crippen LogP contribution in [0.15, 0.2) is 22.7 Å². The predicted molar refractivity (Wildman–Crippen MR) is 72.4 cm³/mol. The summed E-state index contributed by atoms with van der Waals surface area (Å²) in [6.45, 7) is 2.65. The van der Waals surface area contributed by atoms with Crippen LogP contribution in [-0.4, -0.2) is 24.4 Å². The van der Waals surface area contributed by atoms with Crippen LogP contribution in [0.5, 0.6) is 0 Å². The molecule has 0 aromatic heterocycles. The number of carbonyl (C=O) groups is 2. The SMILES string of the molecule is Cc1ccc(C(=O)NC2CCCNC2=O)c(Br)c1. The third kappa shape index (κ3) is 2.90. The summed E-state index contributed by atoms with van der Waals surface area (Å²) in [5.74, 6) is -0.318. The molecule has 0 bridgehead atoms. The minimum Gasteiger partial charge on any atom is -0.354 e. The predicted octanol–water partition coefficient (Wildman–Crippen LogP) is 1.77.